The summed E-state index contributed by atoms with van der Waals surface area (Å²) in [7, 11) is 0. The van der Waals surface area contributed by atoms with E-state index in [1.54, 1.807) is 17.0 Å². The largest absolute Gasteiger partial charge is 0.491 e. The molecule has 6 heteroatoms. The predicted octanol–water partition coefficient (Wildman–Crippen LogP) is 4.25. The highest BCUT2D eigenvalue weighted by Crippen LogP contribution is 2.24. The minimum atomic E-state index is -0.172. The number of anilines is 2. The molecular weight excluding hydrogens is 366 g/mol. The molecule has 0 saturated heterocycles. The van der Waals surface area contributed by atoms with Gasteiger partial charge in [-0.1, -0.05) is 26.0 Å². The van der Waals surface area contributed by atoms with Crippen LogP contribution >= 0.6 is 0 Å². The average molecular weight is 398 g/mol. The predicted molar refractivity (Wildman–Crippen MR) is 118 cm³/mol. The number of hydrogen-bond donors (Lipinski definition) is 2. The maximum Gasteiger partial charge on any atom is 0.253 e. The first kappa shape index (κ1) is 22.3. The molecule has 0 spiro atoms. The maximum atomic E-state index is 12.3. The number of benzene rings is 2. The second-order valence-corrected chi connectivity index (χ2v) is 7.16. The van der Waals surface area contributed by atoms with Gasteiger partial charge in [-0.05, 0) is 56.2 Å². The molecule has 29 heavy (non-hydrogen) atoms. The van der Waals surface area contributed by atoms with Crippen molar-refractivity contribution in [1.29, 1.82) is 0 Å². The van der Waals surface area contributed by atoms with Crippen molar-refractivity contribution in [3.63, 3.8) is 0 Å². The number of nitrogens with zero attached hydrogens (tertiary/aromatic N) is 1. The van der Waals surface area contributed by atoms with Gasteiger partial charge in [0.25, 0.3) is 5.91 Å². The Morgan fingerprint density at radius 3 is 2.28 bits per heavy atom. The molecule has 2 amide bonds. The van der Waals surface area contributed by atoms with E-state index in [0.29, 0.717) is 42.6 Å². The van der Waals surface area contributed by atoms with E-state index in [1.807, 2.05) is 50.2 Å². The van der Waals surface area contributed by atoms with E-state index in [9.17, 15) is 9.59 Å². The molecule has 0 aliphatic carbocycles. The van der Waals surface area contributed by atoms with Gasteiger partial charge >= 0.3 is 0 Å². The summed E-state index contributed by atoms with van der Waals surface area (Å²) < 4.78 is 5.76. The Bertz CT molecular complexity index is 799. The Kier molecular flexibility index (Phi) is 8.52. The summed E-state index contributed by atoms with van der Waals surface area (Å²) in [5.74, 6) is 0.900. The van der Waals surface area contributed by atoms with Gasteiger partial charge in [0.15, 0.2) is 0 Å². The number of ether oxygens (including phenoxy) is 1. The molecule has 0 aromatic heterocycles. The molecule has 0 saturated carbocycles. The van der Waals surface area contributed by atoms with E-state index in [2.05, 4.69) is 24.5 Å². The number of hydrogen-bond acceptors (Lipinski definition) is 4. The van der Waals surface area contributed by atoms with Crippen LogP contribution in [0.15, 0.2) is 48.5 Å². The van der Waals surface area contributed by atoms with E-state index in [0.717, 1.165) is 5.69 Å². The third-order valence-corrected chi connectivity index (χ3v) is 4.37. The lowest BCUT2D eigenvalue weighted by molar-refractivity contribution is -0.114. The lowest BCUT2D eigenvalue weighted by Crippen LogP contribution is -2.30. The summed E-state index contributed by atoms with van der Waals surface area (Å²) in [6.45, 7) is 10.1. The Labute approximate surface area is 173 Å². The fourth-order valence-electron chi connectivity index (χ4n) is 2.75. The van der Waals surface area contributed by atoms with Gasteiger partial charge in [0, 0.05) is 24.3 Å². The van der Waals surface area contributed by atoms with Crippen molar-refractivity contribution in [1.82, 2.24) is 4.90 Å². The molecule has 2 aromatic carbocycles. The number of rotatable bonds is 10. The van der Waals surface area contributed by atoms with Gasteiger partial charge < -0.3 is 20.3 Å². The summed E-state index contributed by atoms with van der Waals surface area (Å²) in [5, 5.41) is 5.96. The molecule has 0 radical (unpaired) electrons. The molecule has 2 rings (SSSR count). The van der Waals surface area contributed by atoms with Gasteiger partial charge in [-0.2, -0.15) is 0 Å². The standard InChI is InChI=1S/C23H31N3O3/c1-5-26(6-2)23(28)18-11-13-19(14-12-18)24-15-22(27)25-20-9-7-8-10-21(20)29-16-17(3)4/h7-14,17,24H,5-6,15-16H2,1-4H3,(H,25,27). The van der Waals surface area contributed by atoms with Crippen LogP contribution in [0.1, 0.15) is 38.1 Å². The highest BCUT2D eigenvalue weighted by atomic mass is 16.5. The van der Waals surface area contributed by atoms with E-state index in [4.69, 9.17) is 4.74 Å². The van der Waals surface area contributed by atoms with Crippen molar-refractivity contribution >= 4 is 23.2 Å². The zero-order valence-electron chi connectivity index (χ0n) is 17.7. The minimum Gasteiger partial charge on any atom is -0.491 e. The van der Waals surface area contributed by atoms with Crippen LogP contribution in [-0.2, 0) is 4.79 Å². The highest BCUT2D eigenvalue weighted by molar-refractivity contribution is 5.96. The number of carbonyl (C=O) groups is 2. The normalized spacial score (nSPS) is 10.5. The van der Waals surface area contributed by atoms with Gasteiger partial charge in [0.2, 0.25) is 5.91 Å². The topological polar surface area (TPSA) is 70.7 Å². The number of amides is 2. The monoisotopic (exact) mass is 397 g/mol. The molecule has 0 aliphatic rings. The fraction of sp³-hybridized carbons (Fsp3) is 0.391. The average Bonchev–Trinajstić information content (AvgIpc) is 2.72. The first-order valence-corrected chi connectivity index (χ1v) is 10.1. The summed E-state index contributed by atoms with van der Waals surface area (Å²) in [6, 6.07) is 14.6. The fourth-order valence-corrected chi connectivity index (χ4v) is 2.75. The van der Waals surface area contributed by atoms with Crippen LogP contribution in [0, 0.1) is 5.92 Å². The number of nitrogens with one attached hydrogen (secondary N) is 2. The van der Waals surface area contributed by atoms with E-state index < -0.39 is 0 Å². The molecule has 0 unspecified atom stereocenters. The van der Waals surface area contributed by atoms with Crippen LogP contribution in [0.5, 0.6) is 5.75 Å². The zero-order chi connectivity index (χ0) is 21.2. The van der Waals surface area contributed by atoms with Crippen LogP contribution in [0.4, 0.5) is 11.4 Å². The van der Waals surface area contributed by atoms with Crippen molar-refractivity contribution in [2.45, 2.75) is 27.7 Å². The number of carbonyl (C=O) groups excluding carboxylic acids is 2. The van der Waals surface area contributed by atoms with E-state index >= 15 is 0 Å². The van der Waals surface area contributed by atoms with E-state index in [1.165, 1.54) is 0 Å². The molecule has 2 aromatic rings. The molecule has 0 aliphatic heterocycles. The van der Waals surface area contributed by atoms with Crippen molar-refractivity contribution in [2.75, 3.05) is 36.9 Å². The molecule has 0 atom stereocenters. The number of para-hydroxylation sites is 2. The Morgan fingerprint density at radius 2 is 1.66 bits per heavy atom. The molecule has 0 heterocycles. The molecule has 6 nitrogen and oxygen atoms in total. The molecule has 2 N–H and O–H groups in total. The van der Waals surface area contributed by atoms with Crippen LogP contribution < -0.4 is 15.4 Å². The van der Waals surface area contributed by atoms with Gasteiger partial charge in [-0.25, -0.2) is 0 Å². The second-order valence-electron chi connectivity index (χ2n) is 7.16. The molecule has 156 valence electrons. The minimum absolute atomic E-state index is 0.0114. The van der Waals surface area contributed by atoms with Gasteiger partial charge in [0.1, 0.15) is 5.75 Å². The van der Waals surface area contributed by atoms with Crippen molar-refractivity contribution in [2.24, 2.45) is 5.92 Å². The van der Waals surface area contributed by atoms with Crippen LogP contribution in [-0.4, -0.2) is 43.0 Å². The second kappa shape index (κ2) is 11.1. The maximum absolute atomic E-state index is 12.3. The Balaban J connectivity index is 1.91. The molecule has 0 bridgehead atoms. The van der Waals surface area contributed by atoms with Crippen molar-refractivity contribution in [3.05, 3.63) is 54.1 Å². The van der Waals surface area contributed by atoms with Crippen LogP contribution in [0.25, 0.3) is 0 Å². The van der Waals surface area contributed by atoms with Gasteiger partial charge in [0.05, 0.1) is 18.8 Å². The lowest BCUT2D eigenvalue weighted by atomic mass is 10.1. The SMILES string of the molecule is CCN(CC)C(=O)c1ccc(NCC(=O)Nc2ccccc2OCC(C)C)cc1. The van der Waals surface area contributed by atoms with Gasteiger partial charge in [-0.3, -0.25) is 9.59 Å². The van der Waals surface area contributed by atoms with Crippen LogP contribution in [0.2, 0.25) is 0 Å². The summed E-state index contributed by atoms with van der Waals surface area (Å²) in [6.07, 6.45) is 0. The van der Waals surface area contributed by atoms with Crippen LogP contribution in [0.3, 0.4) is 0 Å². The first-order valence-electron chi connectivity index (χ1n) is 10.1. The first-order chi connectivity index (χ1) is 13.9. The molecule has 0 fully saturated rings. The third kappa shape index (κ3) is 6.82. The summed E-state index contributed by atoms with van der Waals surface area (Å²) in [4.78, 5) is 26.4. The van der Waals surface area contributed by atoms with Crippen molar-refractivity contribution in [3.8, 4) is 5.75 Å². The van der Waals surface area contributed by atoms with E-state index in [-0.39, 0.29) is 18.4 Å². The van der Waals surface area contributed by atoms with Gasteiger partial charge in [-0.15, -0.1) is 0 Å². The highest BCUT2D eigenvalue weighted by Gasteiger charge is 2.12. The van der Waals surface area contributed by atoms with Crippen molar-refractivity contribution < 1.29 is 14.3 Å². The third-order valence-electron chi connectivity index (χ3n) is 4.37. The lowest BCUT2D eigenvalue weighted by Gasteiger charge is -2.18. The zero-order valence-corrected chi connectivity index (χ0v) is 17.7. The smallest absolute Gasteiger partial charge is 0.253 e. The summed E-state index contributed by atoms with van der Waals surface area (Å²) >= 11 is 0. The Hall–Kier alpha value is -3.02. The quantitative estimate of drug-likeness (QED) is 0.629. The molecular formula is C23H31N3O3. The Morgan fingerprint density at radius 1 is 1.00 bits per heavy atom. The summed E-state index contributed by atoms with van der Waals surface area (Å²) in [5.41, 5.74) is 2.07.